The first-order valence-electron chi connectivity index (χ1n) is 5.82. The quantitative estimate of drug-likeness (QED) is 0.729. The summed E-state index contributed by atoms with van der Waals surface area (Å²) in [5.41, 5.74) is 4.80. The van der Waals surface area contributed by atoms with Crippen LogP contribution in [-0.4, -0.2) is 17.5 Å². The van der Waals surface area contributed by atoms with Crippen LogP contribution in [0.4, 0.5) is 0 Å². The molecule has 1 fully saturated rings. The Morgan fingerprint density at radius 2 is 1.50 bits per heavy atom. The van der Waals surface area contributed by atoms with E-state index >= 15 is 0 Å². The molecular weight excluding hydrogens is 206 g/mol. The number of hydrogen-bond donors (Lipinski definition) is 1. The van der Waals surface area contributed by atoms with Gasteiger partial charge in [0.1, 0.15) is 5.60 Å². The van der Waals surface area contributed by atoms with Crippen molar-refractivity contribution in [2.75, 3.05) is 0 Å². The predicted molar refractivity (Wildman–Crippen MR) is 60.5 cm³/mol. The molecule has 1 amide bonds. The fourth-order valence-corrected chi connectivity index (χ4v) is 2.00. The molecule has 0 radical (unpaired) electrons. The fourth-order valence-electron chi connectivity index (χ4n) is 2.00. The number of nitrogens with two attached hydrogens (primary N) is 1. The molecule has 2 N–H and O–H groups in total. The van der Waals surface area contributed by atoms with Crippen LogP contribution in [0.25, 0.3) is 0 Å². The highest BCUT2D eigenvalue weighted by Crippen LogP contribution is 2.30. The van der Waals surface area contributed by atoms with Crippen molar-refractivity contribution in [1.82, 2.24) is 0 Å². The van der Waals surface area contributed by atoms with Gasteiger partial charge in [-0.25, -0.2) is 0 Å². The van der Waals surface area contributed by atoms with Crippen molar-refractivity contribution in [3.05, 3.63) is 0 Å². The van der Waals surface area contributed by atoms with E-state index in [0.717, 1.165) is 0 Å². The maximum Gasteiger partial charge on any atom is 0.309 e. The van der Waals surface area contributed by atoms with Crippen LogP contribution in [-0.2, 0) is 14.3 Å². The van der Waals surface area contributed by atoms with E-state index in [0.29, 0.717) is 25.7 Å². The van der Waals surface area contributed by atoms with E-state index in [1.54, 1.807) is 0 Å². The summed E-state index contributed by atoms with van der Waals surface area (Å²) < 4.78 is 5.32. The molecule has 0 aromatic heterocycles. The van der Waals surface area contributed by atoms with Gasteiger partial charge < -0.3 is 10.5 Å². The maximum atomic E-state index is 11.8. The lowest BCUT2D eigenvalue weighted by atomic mass is 9.81. The molecule has 16 heavy (non-hydrogen) atoms. The highest BCUT2D eigenvalue weighted by molar-refractivity contribution is 5.77. The SMILES string of the molecule is CC(C)(C)OC(=O)C1CCC(C(N)=O)CC1. The summed E-state index contributed by atoms with van der Waals surface area (Å²) >= 11 is 0. The normalized spacial score (nSPS) is 26.2. The van der Waals surface area contributed by atoms with Crippen LogP contribution >= 0.6 is 0 Å². The minimum atomic E-state index is -0.433. The molecule has 4 heteroatoms. The van der Waals surface area contributed by atoms with Crippen LogP contribution in [0, 0.1) is 11.8 Å². The standard InChI is InChI=1S/C12H21NO3/c1-12(2,3)16-11(15)9-6-4-8(5-7-9)10(13)14/h8-9H,4-7H2,1-3H3,(H2,13,14). The van der Waals surface area contributed by atoms with E-state index in [-0.39, 0.29) is 23.7 Å². The maximum absolute atomic E-state index is 11.8. The molecule has 1 rings (SSSR count). The van der Waals surface area contributed by atoms with Gasteiger partial charge in [0.25, 0.3) is 0 Å². The van der Waals surface area contributed by atoms with Gasteiger partial charge in [0.15, 0.2) is 0 Å². The molecule has 0 aliphatic heterocycles. The van der Waals surface area contributed by atoms with E-state index in [4.69, 9.17) is 10.5 Å². The third-order valence-electron chi connectivity index (χ3n) is 2.87. The molecule has 0 saturated heterocycles. The van der Waals surface area contributed by atoms with Gasteiger partial charge in [0, 0.05) is 5.92 Å². The van der Waals surface area contributed by atoms with Gasteiger partial charge in [-0.1, -0.05) is 0 Å². The number of carbonyl (C=O) groups excluding carboxylic acids is 2. The number of hydrogen-bond acceptors (Lipinski definition) is 3. The summed E-state index contributed by atoms with van der Waals surface area (Å²) in [6.45, 7) is 5.58. The fraction of sp³-hybridized carbons (Fsp3) is 0.833. The second kappa shape index (κ2) is 4.85. The average Bonchev–Trinajstić information content (AvgIpc) is 2.15. The Morgan fingerprint density at radius 1 is 1.06 bits per heavy atom. The second-order valence-corrected chi connectivity index (χ2v) is 5.48. The molecule has 1 aliphatic rings. The van der Waals surface area contributed by atoms with Crippen LogP contribution in [0.3, 0.4) is 0 Å². The topological polar surface area (TPSA) is 69.4 Å². The lowest BCUT2D eigenvalue weighted by molar-refractivity contribution is -0.161. The molecule has 4 nitrogen and oxygen atoms in total. The first kappa shape index (κ1) is 13.0. The number of amides is 1. The van der Waals surface area contributed by atoms with E-state index in [9.17, 15) is 9.59 Å². The Morgan fingerprint density at radius 3 is 1.88 bits per heavy atom. The van der Waals surface area contributed by atoms with Crippen molar-refractivity contribution >= 4 is 11.9 Å². The Bertz CT molecular complexity index is 272. The number of ether oxygens (including phenoxy) is 1. The van der Waals surface area contributed by atoms with Gasteiger partial charge in [0.05, 0.1) is 5.92 Å². The molecule has 0 aromatic carbocycles. The Kier molecular flexibility index (Phi) is 3.94. The summed E-state index contributed by atoms with van der Waals surface area (Å²) in [5.74, 6) is -0.508. The number of rotatable bonds is 2. The molecule has 1 aliphatic carbocycles. The van der Waals surface area contributed by atoms with Gasteiger partial charge in [-0.3, -0.25) is 9.59 Å². The molecule has 92 valence electrons. The Labute approximate surface area is 96.5 Å². The first-order valence-corrected chi connectivity index (χ1v) is 5.82. The summed E-state index contributed by atoms with van der Waals surface area (Å²) in [7, 11) is 0. The summed E-state index contributed by atoms with van der Waals surface area (Å²) in [4.78, 5) is 22.7. The zero-order valence-corrected chi connectivity index (χ0v) is 10.3. The van der Waals surface area contributed by atoms with Crippen LogP contribution < -0.4 is 5.73 Å². The molecule has 0 bridgehead atoms. The number of carbonyl (C=O) groups is 2. The van der Waals surface area contributed by atoms with Crippen molar-refractivity contribution < 1.29 is 14.3 Å². The van der Waals surface area contributed by atoms with Crippen LogP contribution in [0.1, 0.15) is 46.5 Å². The van der Waals surface area contributed by atoms with Crippen molar-refractivity contribution in [3.63, 3.8) is 0 Å². The monoisotopic (exact) mass is 227 g/mol. The third kappa shape index (κ3) is 3.83. The minimum absolute atomic E-state index is 0.0568. The van der Waals surface area contributed by atoms with Gasteiger partial charge in [0.2, 0.25) is 5.91 Å². The van der Waals surface area contributed by atoms with E-state index in [2.05, 4.69) is 0 Å². The number of esters is 1. The predicted octanol–water partition coefficient (Wildman–Crippen LogP) is 1.62. The van der Waals surface area contributed by atoms with Crippen LogP contribution in [0.15, 0.2) is 0 Å². The average molecular weight is 227 g/mol. The summed E-state index contributed by atoms with van der Waals surface area (Å²) in [5, 5.41) is 0. The molecule has 1 saturated carbocycles. The lowest BCUT2D eigenvalue weighted by Crippen LogP contribution is -2.33. The second-order valence-electron chi connectivity index (χ2n) is 5.48. The van der Waals surface area contributed by atoms with Gasteiger partial charge in [-0.2, -0.15) is 0 Å². The molecule has 0 aromatic rings. The highest BCUT2D eigenvalue weighted by Gasteiger charge is 2.31. The van der Waals surface area contributed by atoms with Crippen molar-refractivity contribution in [1.29, 1.82) is 0 Å². The zero-order valence-electron chi connectivity index (χ0n) is 10.3. The lowest BCUT2D eigenvalue weighted by Gasteiger charge is -2.28. The first-order chi connectivity index (χ1) is 7.29. The van der Waals surface area contributed by atoms with Crippen molar-refractivity contribution in [2.45, 2.75) is 52.1 Å². The van der Waals surface area contributed by atoms with E-state index in [1.807, 2.05) is 20.8 Å². The van der Waals surface area contributed by atoms with Crippen LogP contribution in [0.5, 0.6) is 0 Å². The molecule has 0 unspecified atom stereocenters. The van der Waals surface area contributed by atoms with E-state index in [1.165, 1.54) is 0 Å². The largest absolute Gasteiger partial charge is 0.460 e. The zero-order chi connectivity index (χ0) is 12.3. The van der Waals surface area contributed by atoms with Gasteiger partial charge in [-0.15, -0.1) is 0 Å². The Hall–Kier alpha value is -1.06. The number of primary amides is 1. The van der Waals surface area contributed by atoms with Crippen molar-refractivity contribution in [2.24, 2.45) is 17.6 Å². The Balaban J connectivity index is 2.42. The van der Waals surface area contributed by atoms with E-state index < -0.39 is 5.60 Å². The van der Waals surface area contributed by atoms with Gasteiger partial charge in [-0.05, 0) is 46.5 Å². The molecular formula is C12H21NO3. The minimum Gasteiger partial charge on any atom is -0.460 e. The third-order valence-corrected chi connectivity index (χ3v) is 2.87. The van der Waals surface area contributed by atoms with Gasteiger partial charge >= 0.3 is 5.97 Å². The summed E-state index contributed by atoms with van der Waals surface area (Å²) in [6.07, 6.45) is 2.84. The highest BCUT2D eigenvalue weighted by atomic mass is 16.6. The summed E-state index contributed by atoms with van der Waals surface area (Å²) in [6, 6.07) is 0. The molecule has 0 atom stereocenters. The van der Waals surface area contributed by atoms with Crippen LogP contribution in [0.2, 0.25) is 0 Å². The molecule has 0 spiro atoms. The van der Waals surface area contributed by atoms with Crippen molar-refractivity contribution in [3.8, 4) is 0 Å². The molecule has 0 heterocycles. The smallest absolute Gasteiger partial charge is 0.309 e.